The molecule has 4 nitrogen and oxygen atoms in total. The van der Waals surface area contributed by atoms with Crippen LogP contribution >= 0.6 is 0 Å². The van der Waals surface area contributed by atoms with Gasteiger partial charge in [-0.05, 0) is 80.8 Å². The van der Waals surface area contributed by atoms with E-state index in [1.807, 2.05) is 0 Å². The third-order valence-corrected chi connectivity index (χ3v) is 11.3. The van der Waals surface area contributed by atoms with Crippen molar-refractivity contribution in [2.24, 2.45) is 0 Å². The van der Waals surface area contributed by atoms with Crippen molar-refractivity contribution in [1.82, 2.24) is 19.1 Å². The minimum atomic E-state index is 0.663. The van der Waals surface area contributed by atoms with E-state index in [0.29, 0.717) is 5.95 Å². The van der Waals surface area contributed by atoms with Gasteiger partial charge in [-0.3, -0.25) is 4.57 Å². The number of hydrogen-bond donors (Lipinski definition) is 0. The molecule has 0 atom stereocenters. The number of fused-ring (bicyclic) bond motifs is 12. The standard InChI is InChI=1S/C50H30N4/c1-2-13-33-29-35(22-21-31(33)11-1)49-39-15-5-8-18-42(39)51-50(52-49)54-44-20-10-7-17-41(44)48-38-26-25-36(30-34(38)24-28-46(48)54)53-43-19-9-6-16-40(43)47-37-14-4-3-12-32(37)23-27-45(47)53/h1-30H. The van der Waals surface area contributed by atoms with Crippen LogP contribution in [0.4, 0.5) is 0 Å². The van der Waals surface area contributed by atoms with Crippen LogP contribution in [0.15, 0.2) is 182 Å². The van der Waals surface area contributed by atoms with Crippen LogP contribution < -0.4 is 0 Å². The third-order valence-electron chi connectivity index (χ3n) is 11.3. The Morgan fingerprint density at radius 1 is 0.333 bits per heavy atom. The maximum atomic E-state index is 5.38. The van der Waals surface area contributed by atoms with Crippen LogP contribution in [0.5, 0.6) is 0 Å². The molecule has 54 heavy (non-hydrogen) atoms. The SMILES string of the molecule is c1ccc2cc(-c3nc(-n4c5ccccc5c5c6ccc(-n7c8ccccc8c8c9ccccc9ccc87)cc6ccc54)nc4ccccc34)ccc2c1. The monoisotopic (exact) mass is 686 g/mol. The van der Waals surface area contributed by atoms with Crippen LogP contribution in [0.25, 0.3) is 110 Å². The molecule has 0 aliphatic rings. The number of rotatable bonds is 3. The molecule has 0 bridgehead atoms. The molecule has 0 N–H and O–H groups in total. The highest BCUT2D eigenvalue weighted by atomic mass is 15.2. The fourth-order valence-electron chi connectivity index (χ4n) is 8.88. The normalized spacial score (nSPS) is 12.1. The summed E-state index contributed by atoms with van der Waals surface area (Å²) in [5.74, 6) is 0.663. The summed E-state index contributed by atoms with van der Waals surface area (Å²) in [6.45, 7) is 0. The first-order valence-electron chi connectivity index (χ1n) is 18.4. The highest BCUT2D eigenvalue weighted by Crippen LogP contribution is 2.41. The Morgan fingerprint density at radius 2 is 0.907 bits per heavy atom. The van der Waals surface area contributed by atoms with Gasteiger partial charge in [0.1, 0.15) is 0 Å². The molecule has 0 aliphatic carbocycles. The molecule has 0 saturated heterocycles. The lowest BCUT2D eigenvalue weighted by Gasteiger charge is -2.13. The molecule has 3 heterocycles. The van der Waals surface area contributed by atoms with Gasteiger partial charge in [-0.15, -0.1) is 0 Å². The Bertz CT molecular complexity index is 3510. The van der Waals surface area contributed by atoms with Crippen LogP contribution in [0.3, 0.4) is 0 Å². The van der Waals surface area contributed by atoms with Gasteiger partial charge in [0, 0.05) is 38.2 Å². The van der Waals surface area contributed by atoms with Gasteiger partial charge in [-0.1, -0.05) is 133 Å². The molecule has 9 aromatic carbocycles. The molecule has 12 aromatic rings. The minimum Gasteiger partial charge on any atom is -0.309 e. The lowest BCUT2D eigenvalue weighted by atomic mass is 10.0. The zero-order chi connectivity index (χ0) is 35.3. The minimum absolute atomic E-state index is 0.663. The van der Waals surface area contributed by atoms with E-state index in [1.54, 1.807) is 0 Å². The molecule has 0 spiro atoms. The number of hydrogen-bond acceptors (Lipinski definition) is 2. The second-order valence-corrected chi connectivity index (χ2v) is 14.2. The smallest absolute Gasteiger partial charge is 0.235 e. The Morgan fingerprint density at radius 3 is 1.70 bits per heavy atom. The first kappa shape index (κ1) is 29.3. The Kier molecular flexibility index (Phi) is 6.02. The van der Waals surface area contributed by atoms with Gasteiger partial charge in [0.25, 0.3) is 0 Å². The Hall–Kier alpha value is -7.30. The quantitative estimate of drug-likeness (QED) is 0.185. The molecule has 0 saturated carbocycles. The van der Waals surface area contributed by atoms with E-state index in [9.17, 15) is 0 Å². The summed E-state index contributed by atoms with van der Waals surface area (Å²) in [4.78, 5) is 10.6. The summed E-state index contributed by atoms with van der Waals surface area (Å²) in [5, 5.41) is 13.3. The van der Waals surface area contributed by atoms with E-state index < -0.39 is 0 Å². The maximum Gasteiger partial charge on any atom is 0.235 e. The number of aromatic nitrogens is 4. The summed E-state index contributed by atoms with van der Waals surface area (Å²) >= 11 is 0. The van der Waals surface area contributed by atoms with Crippen LogP contribution in [0, 0.1) is 0 Å². The van der Waals surface area contributed by atoms with Crippen molar-refractivity contribution in [2.75, 3.05) is 0 Å². The van der Waals surface area contributed by atoms with Gasteiger partial charge in [0.15, 0.2) is 0 Å². The van der Waals surface area contributed by atoms with Crippen molar-refractivity contribution in [3.8, 4) is 22.9 Å². The average molecular weight is 687 g/mol. The van der Waals surface area contributed by atoms with E-state index in [4.69, 9.17) is 9.97 Å². The summed E-state index contributed by atoms with van der Waals surface area (Å²) < 4.78 is 4.66. The molecule has 3 aromatic heterocycles. The lowest BCUT2D eigenvalue weighted by molar-refractivity contribution is 1.01. The van der Waals surface area contributed by atoms with Crippen molar-refractivity contribution in [1.29, 1.82) is 0 Å². The zero-order valence-corrected chi connectivity index (χ0v) is 29.1. The molecule has 4 heteroatoms. The maximum absolute atomic E-state index is 5.38. The summed E-state index contributed by atoms with van der Waals surface area (Å²) in [5.41, 5.74) is 8.64. The molecule has 0 fully saturated rings. The summed E-state index contributed by atoms with van der Waals surface area (Å²) in [7, 11) is 0. The number of nitrogens with zero attached hydrogens (tertiary/aromatic N) is 4. The zero-order valence-electron chi connectivity index (χ0n) is 29.1. The molecule has 0 radical (unpaired) electrons. The second-order valence-electron chi connectivity index (χ2n) is 14.2. The first-order chi connectivity index (χ1) is 26.8. The van der Waals surface area contributed by atoms with E-state index in [0.717, 1.165) is 38.9 Å². The van der Waals surface area contributed by atoms with E-state index >= 15 is 0 Å². The highest BCUT2D eigenvalue weighted by Gasteiger charge is 2.20. The van der Waals surface area contributed by atoms with Gasteiger partial charge in [0.05, 0.1) is 33.3 Å². The van der Waals surface area contributed by atoms with Crippen molar-refractivity contribution >= 4 is 86.8 Å². The fraction of sp³-hybridized carbons (Fsp3) is 0. The average Bonchev–Trinajstić information content (AvgIpc) is 3.76. The Labute approximate surface area is 309 Å². The number of benzene rings is 9. The molecule has 0 aliphatic heterocycles. The van der Waals surface area contributed by atoms with Crippen molar-refractivity contribution in [2.45, 2.75) is 0 Å². The van der Waals surface area contributed by atoms with Gasteiger partial charge in [-0.25, -0.2) is 9.97 Å². The van der Waals surface area contributed by atoms with Gasteiger partial charge in [-0.2, -0.15) is 0 Å². The van der Waals surface area contributed by atoms with Crippen molar-refractivity contribution in [3.63, 3.8) is 0 Å². The van der Waals surface area contributed by atoms with Crippen molar-refractivity contribution < 1.29 is 0 Å². The van der Waals surface area contributed by atoms with Crippen LogP contribution in [0.2, 0.25) is 0 Å². The summed E-state index contributed by atoms with van der Waals surface area (Å²) in [6, 6.07) is 65.5. The molecule has 0 unspecified atom stereocenters. The van der Waals surface area contributed by atoms with Crippen LogP contribution in [-0.4, -0.2) is 19.1 Å². The second kappa shape index (κ2) is 11.1. The van der Waals surface area contributed by atoms with Gasteiger partial charge in [0.2, 0.25) is 5.95 Å². The third kappa shape index (κ3) is 4.13. The number of para-hydroxylation sites is 3. The fourth-order valence-corrected chi connectivity index (χ4v) is 8.88. The van der Waals surface area contributed by atoms with E-state index in [2.05, 4.69) is 191 Å². The molecular weight excluding hydrogens is 657 g/mol. The highest BCUT2D eigenvalue weighted by molar-refractivity contribution is 6.23. The molecule has 250 valence electrons. The molecule has 0 amide bonds. The summed E-state index contributed by atoms with van der Waals surface area (Å²) in [6.07, 6.45) is 0. The molecule has 12 rings (SSSR count). The Balaban J connectivity index is 1.10. The predicted octanol–water partition coefficient (Wildman–Crippen LogP) is 13.0. The van der Waals surface area contributed by atoms with Gasteiger partial charge >= 0.3 is 0 Å². The van der Waals surface area contributed by atoms with Crippen molar-refractivity contribution in [3.05, 3.63) is 182 Å². The molecular formula is C50H30N4. The van der Waals surface area contributed by atoms with Crippen LogP contribution in [0.1, 0.15) is 0 Å². The first-order valence-corrected chi connectivity index (χ1v) is 18.4. The topological polar surface area (TPSA) is 35.6 Å². The largest absolute Gasteiger partial charge is 0.309 e. The van der Waals surface area contributed by atoms with Crippen LogP contribution in [-0.2, 0) is 0 Å². The van der Waals surface area contributed by atoms with E-state index in [-0.39, 0.29) is 0 Å². The lowest BCUT2D eigenvalue weighted by Crippen LogP contribution is -2.03. The van der Waals surface area contributed by atoms with E-state index in [1.165, 1.54) is 64.9 Å². The van der Waals surface area contributed by atoms with Gasteiger partial charge < -0.3 is 4.57 Å². The predicted molar refractivity (Wildman–Crippen MR) is 226 cm³/mol.